The van der Waals surface area contributed by atoms with Crippen molar-refractivity contribution in [2.24, 2.45) is 0 Å². The largest absolute Gasteiger partial charge is 0.389 e. The number of fused-ring (bicyclic) bond motifs is 6. The number of anilines is 2. The fraction of sp³-hybridized carbons (Fsp3) is 0.778. The van der Waals surface area contributed by atoms with Crippen molar-refractivity contribution in [3.8, 4) is 0 Å². The molecule has 12 rings (SSSR count). The average Bonchev–Trinajstić information content (AvgIpc) is 1.66. The Labute approximate surface area is 517 Å². The van der Waals surface area contributed by atoms with E-state index < -0.39 is 232 Å². The van der Waals surface area contributed by atoms with Gasteiger partial charge in [-0.1, -0.05) is 0 Å². The molecular formula is C54H75N9O28. The summed E-state index contributed by atoms with van der Waals surface area (Å²) in [5.41, 5.74) is -2.60. The van der Waals surface area contributed by atoms with Gasteiger partial charge in [-0.15, -0.1) is 0 Å². The van der Waals surface area contributed by atoms with Crippen LogP contribution in [0.5, 0.6) is 0 Å². The molecule has 25 atom stereocenters. The number of non-ortho nitro benzene ring substituents is 2. The molecule has 0 aliphatic carbocycles. The first-order chi connectivity index (χ1) is 42.7. The normalized spacial score (nSPS) is 39.9. The van der Waals surface area contributed by atoms with Gasteiger partial charge in [0.1, 0.15) is 78.5 Å². The Balaban J connectivity index is 0.780. The number of nitro benzene ring substituents is 4. The first-order valence-electron chi connectivity index (χ1n) is 29.7. The molecule has 37 heteroatoms. The van der Waals surface area contributed by atoms with Gasteiger partial charge in [0.25, 0.3) is 22.7 Å². The van der Waals surface area contributed by atoms with Crippen molar-refractivity contribution in [3.05, 3.63) is 76.9 Å². The van der Waals surface area contributed by atoms with Gasteiger partial charge in [0.15, 0.2) is 54.6 Å². The summed E-state index contributed by atoms with van der Waals surface area (Å²) in [5.74, 6) is -4.79. The Morgan fingerprint density at radius 1 is 0.484 bits per heavy atom. The summed E-state index contributed by atoms with van der Waals surface area (Å²) in [7, 11) is 0. The number of nitrogens with zero attached hydrogens (tertiary/aromatic N) is 5. The summed E-state index contributed by atoms with van der Waals surface area (Å²) in [5, 5.41) is 133. The molecule has 10 N–H and O–H groups in total. The number of nitrogens with one attached hydrogen (secondary N) is 4. The Kier molecular flexibility index (Phi) is 17.7. The lowest BCUT2D eigenvalue weighted by Crippen LogP contribution is -2.65. The van der Waals surface area contributed by atoms with Gasteiger partial charge in [0.2, 0.25) is 0 Å². The number of hydrogen-bond donors (Lipinski definition) is 10. The third-order valence-corrected chi connectivity index (χ3v) is 17.8. The van der Waals surface area contributed by atoms with Crippen LogP contribution in [0.2, 0.25) is 0 Å². The van der Waals surface area contributed by atoms with Crippen molar-refractivity contribution in [3.63, 3.8) is 0 Å². The van der Waals surface area contributed by atoms with E-state index in [0.717, 1.165) is 36.4 Å². The Morgan fingerprint density at radius 2 is 0.835 bits per heavy atom. The quantitative estimate of drug-likeness (QED) is 0.0451. The number of hydrogen-bond acceptors (Lipinski definition) is 33. The van der Waals surface area contributed by atoms with E-state index >= 15 is 0 Å². The van der Waals surface area contributed by atoms with Gasteiger partial charge in [-0.25, -0.2) is 0 Å². The molecule has 0 amide bonds. The summed E-state index contributed by atoms with van der Waals surface area (Å²) >= 11 is 0. The maximum atomic E-state index is 12.6. The highest BCUT2D eigenvalue weighted by atomic mass is 16.9. The number of rotatable bonds is 23. The smallest absolute Gasteiger partial charge is 0.299 e. The monoisotopic (exact) mass is 1300 g/mol. The van der Waals surface area contributed by atoms with Crippen LogP contribution >= 0.6 is 0 Å². The topological polar surface area (TPSA) is 475 Å². The van der Waals surface area contributed by atoms with Crippen molar-refractivity contribution in [1.82, 2.24) is 15.5 Å². The Hall–Kier alpha value is -5.28. The molecule has 10 heterocycles. The third-order valence-electron chi connectivity index (χ3n) is 17.8. The lowest BCUT2D eigenvalue weighted by molar-refractivity contribution is -0.393. The number of benzene rings is 2. The zero-order chi connectivity index (χ0) is 65.3. The highest BCUT2D eigenvalue weighted by Gasteiger charge is 2.63. The Bertz CT molecular complexity index is 2890. The summed E-state index contributed by atoms with van der Waals surface area (Å²) in [6, 6.07) is 0.595. The van der Waals surface area contributed by atoms with Gasteiger partial charge >= 0.3 is 0 Å². The molecule has 4 unspecified atom stereocenters. The molecule has 2 aromatic carbocycles. The number of aliphatic hydroxyl groups is 6. The molecule has 2 aromatic rings. The van der Waals surface area contributed by atoms with Crippen molar-refractivity contribution in [1.29, 1.82) is 0 Å². The van der Waals surface area contributed by atoms with E-state index in [9.17, 15) is 71.1 Å². The van der Waals surface area contributed by atoms with E-state index in [0.29, 0.717) is 0 Å². The lowest BCUT2D eigenvalue weighted by Gasteiger charge is -2.45. The van der Waals surface area contributed by atoms with E-state index in [2.05, 4.69) is 21.3 Å². The zero-order valence-electron chi connectivity index (χ0n) is 50.3. The summed E-state index contributed by atoms with van der Waals surface area (Å²) in [4.78, 5) is 45.9. The number of nitro groups is 4. The van der Waals surface area contributed by atoms with Crippen molar-refractivity contribution >= 4 is 34.1 Å². The lowest BCUT2D eigenvalue weighted by atomic mass is 9.93. The van der Waals surface area contributed by atoms with E-state index in [1.807, 2.05) is 0 Å². The van der Waals surface area contributed by atoms with E-state index in [4.69, 9.17) is 66.3 Å². The van der Waals surface area contributed by atoms with Crippen LogP contribution < -0.4 is 21.3 Å². The van der Waals surface area contributed by atoms with Crippen LogP contribution in [-0.4, -0.2) is 264 Å². The SMILES string of the molecule is CC1(C)O[C@H]2O[C@H](C(O)CN(CC(O)[C@H]3O[C@@H]4OC(C)(C)O[C@@H]4[C@H]3NCC(O)[C@H]3O[C@@H]4OC(C)(C)O[C@@H]4[C@H]3Nc3ccc([N+](=O)[O-])cc3[N+](=O)[O-])[C@H]3[C@H](O)[C@@H]4OC[C@@H](O4)[C@H]3O)[C@H](NCC(O)[C@H]3O[C@@H]4OC(C)(C)O[C@@H]4[C@H]3Nc3ccc([N+](=O)[O-])cc3[N+](=O)[O-])[C@H]2O1. The van der Waals surface area contributed by atoms with Crippen molar-refractivity contribution in [2.45, 2.75) is 232 Å². The maximum Gasteiger partial charge on any atom is 0.299 e. The van der Waals surface area contributed by atoms with Crippen LogP contribution in [0.15, 0.2) is 36.4 Å². The van der Waals surface area contributed by atoms with Crippen molar-refractivity contribution in [2.75, 3.05) is 43.4 Å². The fourth-order valence-electron chi connectivity index (χ4n) is 14.0. The van der Waals surface area contributed by atoms with E-state index in [1.165, 1.54) is 4.90 Å². The summed E-state index contributed by atoms with van der Waals surface area (Å²) < 4.78 is 85.9. The summed E-state index contributed by atoms with van der Waals surface area (Å²) in [6.07, 6.45) is -24.7. The maximum absolute atomic E-state index is 12.6. The Morgan fingerprint density at radius 3 is 1.19 bits per heavy atom. The minimum atomic E-state index is -1.61. The molecule has 91 heavy (non-hydrogen) atoms. The standard InChI is InChI=1S/C54H75N9O28/c1-51(2)84-42-31(55-15-26(64)38-33(44-49(80-38)90-53(5,6)86-44)57-22-11-9-20(60(70)71)13-24(22)62(74)75)40(82-47(42)88-51)28(66)17-59(35-36(68)30-19-78-46(79-30)37(35)69)18-29(67)41-32(43-48(83-41)89-52(3,4)85-43)56-16-27(65)39-34(45-50(81-39)91-54(7,8)87-45)58-23-12-10-21(61(72)73)14-25(23)63(76)77/h9-14,26-50,55-58,64-69H,15-19H2,1-8H3/t26?,27?,28?,29?,30-,31+,32+,33+,34+,35-,36-,37+,38-,39-,40-,41-,42-,43-,44-,45-,46-,47-,48-,49-,50-/m1/s1. The first-order valence-corrected chi connectivity index (χ1v) is 29.7. The minimum Gasteiger partial charge on any atom is -0.389 e. The number of ether oxygens (including phenoxy) is 14. The molecule has 10 aliphatic rings. The zero-order valence-corrected chi connectivity index (χ0v) is 50.3. The van der Waals surface area contributed by atoms with Crippen LogP contribution in [0.4, 0.5) is 34.1 Å². The second-order valence-electron chi connectivity index (χ2n) is 26.0. The molecule has 0 radical (unpaired) electrons. The van der Waals surface area contributed by atoms with Gasteiger partial charge in [-0.2, -0.15) is 0 Å². The van der Waals surface area contributed by atoms with Gasteiger partial charge < -0.3 is 118 Å². The molecule has 0 saturated carbocycles. The highest BCUT2D eigenvalue weighted by molar-refractivity contribution is 5.67. The van der Waals surface area contributed by atoms with Gasteiger partial charge in [-0.3, -0.25) is 45.4 Å². The number of aliphatic hydroxyl groups excluding tert-OH is 6. The van der Waals surface area contributed by atoms with Crippen LogP contribution in [0, 0.1) is 40.5 Å². The van der Waals surface area contributed by atoms with Crippen LogP contribution in [-0.2, 0) is 66.3 Å². The molecular weight excluding hydrogens is 1220 g/mol. The molecule has 37 nitrogen and oxygen atoms in total. The second-order valence-corrected chi connectivity index (χ2v) is 26.0. The van der Waals surface area contributed by atoms with Crippen LogP contribution in [0.25, 0.3) is 0 Å². The van der Waals surface area contributed by atoms with Crippen molar-refractivity contribution < 1.29 is 117 Å². The van der Waals surface area contributed by atoms with E-state index in [-0.39, 0.29) is 31.1 Å². The van der Waals surface area contributed by atoms with Gasteiger partial charge in [-0.05, 0) is 67.5 Å². The molecule has 0 spiro atoms. The molecule has 10 aliphatic heterocycles. The molecule has 2 bridgehead atoms. The second kappa shape index (κ2) is 24.5. The predicted molar refractivity (Wildman–Crippen MR) is 299 cm³/mol. The minimum absolute atomic E-state index is 0.104. The van der Waals surface area contributed by atoms with Gasteiger partial charge in [0.05, 0.1) is 93.1 Å². The third kappa shape index (κ3) is 12.9. The van der Waals surface area contributed by atoms with Gasteiger partial charge in [0, 0.05) is 38.3 Å². The van der Waals surface area contributed by atoms with Crippen LogP contribution in [0.3, 0.4) is 0 Å². The highest BCUT2D eigenvalue weighted by Crippen LogP contribution is 2.46. The predicted octanol–water partition coefficient (Wildman–Crippen LogP) is -1.41. The fourth-order valence-corrected chi connectivity index (χ4v) is 14.0. The molecule has 504 valence electrons. The molecule has 10 saturated heterocycles. The molecule has 0 aromatic heterocycles. The van der Waals surface area contributed by atoms with Crippen LogP contribution in [0.1, 0.15) is 55.4 Å². The average molecular weight is 1300 g/mol. The first kappa shape index (κ1) is 65.8. The summed E-state index contributed by atoms with van der Waals surface area (Å²) in [6.45, 7) is 11.4. The van der Waals surface area contributed by atoms with E-state index in [1.54, 1.807) is 55.4 Å². The molecule has 10 fully saturated rings.